The molecule has 1 aliphatic rings. The van der Waals surface area contributed by atoms with Crippen molar-refractivity contribution in [2.45, 2.75) is 6.42 Å². The van der Waals surface area contributed by atoms with E-state index in [0.29, 0.717) is 5.52 Å². The average Bonchev–Trinajstić information content (AvgIpc) is 2.74. The maximum absolute atomic E-state index is 10.00. The molecular formula is C22H25N3O2. The number of anilines is 1. The van der Waals surface area contributed by atoms with Gasteiger partial charge in [-0.15, -0.1) is 0 Å². The number of phenolic OH excluding ortho intramolecular Hbond substituents is 1. The highest BCUT2D eigenvalue weighted by Crippen LogP contribution is 2.26. The number of aromatic hydroxyl groups is 1. The number of aromatic nitrogens is 1. The fraction of sp³-hybridized carbons (Fsp3) is 0.318. The van der Waals surface area contributed by atoms with Gasteiger partial charge >= 0.3 is 0 Å². The number of ether oxygens (including phenoxy) is 1. The first-order valence-electron chi connectivity index (χ1n) is 9.41. The predicted octanol–water partition coefficient (Wildman–Crippen LogP) is 3.31. The van der Waals surface area contributed by atoms with Crippen LogP contribution in [0.4, 0.5) is 5.69 Å². The minimum atomic E-state index is 0.252. The third-order valence-electron chi connectivity index (χ3n) is 5.35. The molecule has 0 bridgehead atoms. The van der Waals surface area contributed by atoms with Gasteiger partial charge in [-0.3, -0.25) is 9.88 Å². The summed E-state index contributed by atoms with van der Waals surface area (Å²) in [5.41, 5.74) is 3.19. The quantitative estimate of drug-likeness (QED) is 0.754. The summed E-state index contributed by atoms with van der Waals surface area (Å²) in [5, 5.41) is 11.0. The molecule has 27 heavy (non-hydrogen) atoms. The molecular weight excluding hydrogens is 338 g/mol. The molecule has 0 spiro atoms. The molecule has 0 amide bonds. The monoisotopic (exact) mass is 363 g/mol. The van der Waals surface area contributed by atoms with Crippen molar-refractivity contribution in [1.29, 1.82) is 0 Å². The fourth-order valence-corrected chi connectivity index (χ4v) is 3.74. The summed E-state index contributed by atoms with van der Waals surface area (Å²) in [5.74, 6) is 1.15. The van der Waals surface area contributed by atoms with Crippen molar-refractivity contribution in [3.8, 4) is 11.5 Å². The van der Waals surface area contributed by atoms with Crippen molar-refractivity contribution in [1.82, 2.24) is 9.88 Å². The second-order valence-electron chi connectivity index (χ2n) is 6.92. The van der Waals surface area contributed by atoms with E-state index in [1.165, 1.54) is 11.3 Å². The number of fused-ring (bicyclic) bond motifs is 1. The van der Waals surface area contributed by atoms with Gasteiger partial charge in [0.25, 0.3) is 0 Å². The number of methoxy groups -OCH3 is 1. The van der Waals surface area contributed by atoms with Crippen molar-refractivity contribution in [3.63, 3.8) is 0 Å². The SMILES string of the molecule is COc1ccc(N2CCN(CCc3ccc(O)c4ncccc34)CC2)cc1. The van der Waals surface area contributed by atoms with Crippen LogP contribution in [-0.4, -0.2) is 54.8 Å². The molecule has 1 aliphatic heterocycles. The second-order valence-corrected chi connectivity index (χ2v) is 6.92. The first-order chi connectivity index (χ1) is 13.2. The first-order valence-corrected chi connectivity index (χ1v) is 9.41. The predicted molar refractivity (Wildman–Crippen MR) is 109 cm³/mol. The van der Waals surface area contributed by atoms with E-state index in [1.807, 2.05) is 30.3 Å². The maximum Gasteiger partial charge on any atom is 0.141 e. The molecule has 0 unspecified atom stereocenters. The molecule has 140 valence electrons. The lowest BCUT2D eigenvalue weighted by molar-refractivity contribution is 0.261. The van der Waals surface area contributed by atoms with Gasteiger partial charge < -0.3 is 14.7 Å². The van der Waals surface area contributed by atoms with E-state index in [-0.39, 0.29) is 5.75 Å². The lowest BCUT2D eigenvalue weighted by Crippen LogP contribution is -2.47. The van der Waals surface area contributed by atoms with Gasteiger partial charge in [0.1, 0.15) is 17.0 Å². The molecule has 4 rings (SSSR count). The molecule has 1 aromatic heterocycles. The highest BCUT2D eigenvalue weighted by molar-refractivity contribution is 5.87. The summed E-state index contributed by atoms with van der Waals surface area (Å²) in [7, 11) is 1.70. The van der Waals surface area contributed by atoms with E-state index in [2.05, 4.69) is 26.9 Å². The molecule has 0 saturated carbocycles. The standard InChI is InChI=1S/C22H25N3O2/c1-27-19-7-5-18(6-8-19)25-15-13-24(14-16-25)12-10-17-4-9-21(26)22-20(17)3-2-11-23-22/h2-9,11,26H,10,12-16H2,1H3. The number of benzene rings is 2. The fourth-order valence-electron chi connectivity index (χ4n) is 3.74. The molecule has 0 radical (unpaired) electrons. The molecule has 5 nitrogen and oxygen atoms in total. The van der Waals surface area contributed by atoms with E-state index in [1.54, 1.807) is 19.4 Å². The smallest absolute Gasteiger partial charge is 0.141 e. The van der Waals surface area contributed by atoms with Crippen molar-refractivity contribution in [3.05, 3.63) is 60.3 Å². The zero-order valence-electron chi connectivity index (χ0n) is 15.6. The Morgan fingerprint density at radius 3 is 2.52 bits per heavy atom. The number of hydrogen-bond acceptors (Lipinski definition) is 5. The van der Waals surface area contributed by atoms with Crippen LogP contribution in [0.2, 0.25) is 0 Å². The van der Waals surface area contributed by atoms with Crippen LogP contribution in [0.5, 0.6) is 11.5 Å². The van der Waals surface area contributed by atoms with E-state index in [0.717, 1.165) is 50.3 Å². The number of nitrogens with zero attached hydrogens (tertiary/aromatic N) is 3. The van der Waals surface area contributed by atoms with Crippen LogP contribution in [0.1, 0.15) is 5.56 Å². The zero-order valence-corrected chi connectivity index (χ0v) is 15.6. The Morgan fingerprint density at radius 2 is 1.78 bits per heavy atom. The van der Waals surface area contributed by atoms with Crippen LogP contribution in [0.15, 0.2) is 54.7 Å². The Morgan fingerprint density at radius 1 is 1.00 bits per heavy atom. The molecule has 5 heteroatoms. The number of hydrogen-bond donors (Lipinski definition) is 1. The minimum absolute atomic E-state index is 0.252. The molecule has 3 aromatic rings. The Balaban J connectivity index is 1.35. The Labute approximate surface area is 159 Å². The molecule has 0 aliphatic carbocycles. The number of piperazine rings is 1. The van der Waals surface area contributed by atoms with Crippen LogP contribution in [0.3, 0.4) is 0 Å². The topological polar surface area (TPSA) is 48.8 Å². The lowest BCUT2D eigenvalue weighted by Gasteiger charge is -2.36. The summed E-state index contributed by atoms with van der Waals surface area (Å²) in [6.07, 6.45) is 2.69. The van der Waals surface area contributed by atoms with Crippen molar-refractivity contribution < 1.29 is 9.84 Å². The van der Waals surface area contributed by atoms with Crippen LogP contribution >= 0.6 is 0 Å². The van der Waals surface area contributed by atoms with E-state index >= 15 is 0 Å². The second kappa shape index (κ2) is 7.84. The maximum atomic E-state index is 10.00. The normalized spacial score (nSPS) is 15.2. The van der Waals surface area contributed by atoms with Crippen molar-refractivity contribution >= 4 is 16.6 Å². The Kier molecular flexibility index (Phi) is 5.12. The van der Waals surface area contributed by atoms with Gasteiger partial charge in [-0.1, -0.05) is 12.1 Å². The van der Waals surface area contributed by atoms with Gasteiger partial charge in [-0.05, 0) is 48.4 Å². The van der Waals surface area contributed by atoms with Crippen LogP contribution in [0, 0.1) is 0 Å². The molecule has 1 N–H and O–H groups in total. The summed E-state index contributed by atoms with van der Waals surface area (Å²) < 4.78 is 5.24. The third kappa shape index (κ3) is 3.83. The summed E-state index contributed by atoms with van der Waals surface area (Å²) in [6.45, 7) is 5.19. The average molecular weight is 363 g/mol. The Hall–Kier alpha value is -2.79. The van der Waals surface area contributed by atoms with Gasteiger partial charge in [0.05, 0.1) is 7.11 Å². The van der Waals surface area contributed by atoms with Gasteiger partial charge in [0.15, 0.2) is 0 Å². The Bertz CT molecular complexity index is 903. The van der Waals surface area contributed by atoms with Crippen molar-refractivity contribution in [2.24, 2.45) is 0 Å². The molecule has 2 heterocycles. The summed E-state index contributed by atoms with van der Waals surface area (Å²) in [6, 6.07) is 16.0. The zero-order chi connectivity index (χ0) is 18.6. The molecule has 1 saturated heterocycles. The van der Waals surface area contributed by atoms with Gasteiger partial charge in [0, 0.05) is 50.0 Å². The van der Waals surface area contributed by atoms with Crippen molar-refractivity contribution in [2.75, 3.05) is 44.7 Å². The largest absolute Gasteiger partial charge is 0.506 e. The van der Waals surface area contributed by atoms with Gasteiger partial charge in [0.2, 0.25) is 0 Å². The summed E-state index contributed by atoms with van der Waals surface area (Å²) >= 11 is 0. The minimum Gasteiger partial charge on any atom is -0.506 e. The van der Waals surface area contributed by atoms with Gasteiger partial charge in [-0.25, -0.2) is 0 Å². The van der Waals surface area contributed by atoms with E-state index in [4.69, 9.17) is 4.74 Å². The van der Waals surface area contributed by atoms with E-state index in [9.17, 15) is 5.11 Å². The van der Waals surface area contributed by atoms with E-state index < -0.39 is 0 Å². The highest BCUT2D eigenvalue weighted by Gasteiger charge is 2.17. The number of pyridine rings is 1. The van der Waals surface area contributed by atoms with Gasteiger partial charge in [-0.2, -0.15) is 0 Å². The highest BCUT2D eigenvalue weighted by atomic mass is 16.5. The molecule has 0 atom stereocenters. The van der Waals surface area contributed by atoms with Crippen LogP contribution < -0.4 is 9.64 Å². The first kappa shape index (κ1) is 17.6. The number of rotatable bonds is 5. The molecule has 1 fully saturated rings. The van der Waals surface area contributed by atoms with Crippen LogP contribution in [0.25, 0.3) is 10.9 Å². The number of phenols is 1. The van der Waals surface area contributed by atoms with Crippen LogP contribution in [-0.2, 0) is 6.42 Å². The molecule has 2 aromatic carbocycles. The third-order valence-corrected chi connectivity index (χ3v) is 5.35. The lowest BCUT2D eigenvalue weighted by atomic mass is 10.0. The summed E-state index contributed by atoms with van der Waals surface area (Å²) in [4.78, 5) is 9.25.